The smallest absolute Gasteiger partial charge is 0.249 e. The Morgan fingerprint density at radius 3 is 2.70 bits per heavy atom. The number of alkyl halides is 2. The summed E-state index contributed by atoms with van der Waals surface area (Å²) in [5.74, 6) is -1.74. The van der Waals surface area contributed by atoms with Crippen LogP contribution in [0.15, 0.2) is 0 Å². The van der Waals surface area contributed by atoms with Crippen LogP contribution in [-0.2, 0) is 17.9 Å². The number of imidazole rings is 1. The van der Waals surface area contributed by atoms with Crippen molar-refractivity contribution in [1.29, 1.82) is 0 Å². The molecule has 0 aromatic carbocycles. The topological polar surface area (TPSA) is 38.1 Å². The summed E-state index contributed by atoms with van der Waals surface area (Å²) < 4.78 is 28.1. The highest BCUT2D eigenvalue weighted by Gasteiger charge is 2.48. The Morgan fingerprint density at radius 2 is 2.10 bits per heavy atom. The van der Waals surface area contributed by atoms with Gasteiger partial charge in [0.1, 0.15) is 5.82 Å². The summed E-state index contributed by atoms with van der Waals surface area (Å²) in [6.07, 6.45) is 0.301. The molecule has 1 aliphatic carbocycles. The van der Waals surface area contributed by atoms with Crippen molar-refractivity contribution in [3.63, 3.8) is 0 Å². The minimum Gasteiger partial charge on any atom is -0.335 e. The van der Waals surface area contributed by atoms with Crippen LogP contribution in [-0.4, -0.2) is 32.8 Å². The molecule has 0 unspecified atom stereocenters. The van der Waals surface area contributed by atoms with Gasteiger partial charge in [0.15, 0.2) is 0 Å². The van der Waals surface area contributed by atoms with Crippen molar-refractivity contribution in [3.05, 3.63) is 17.2 Å². The Bertz CT molecular complexity index is 545. The first kappa shape index (κ1) is 13.5. The lowest BCUT2D eigenvalue weighted by molar-refractivity contribution is -0.132. The molecular weight excluding hydrogens is 264 g/mol. The number of halogens is 2. The van der Waals surface area contributed by atoms with E-state index >= 15 is 0 Å². The summed E-state index contributed by atoms with van der Waals surface area (Å²) in [4.78, 5) is 18.1. The predicted molar refractivity (Wildman–Crippen MR) is 69.6 cm³/mol. The maximum atomic E-state index is 13.0. The van der Waals surface area contributed by atoms with Crippen LogP contribution in [0.3, 0.4) is 0 Å². The molecule has 0 radical (unpaired) electrons. The Kier molecular flexibility index (Phi) is 3.06. The molecule has 20 heavy (non-hydrogen) atoms. The maximum absolute atomic E-state index is 13.0. The van der Waals surface area contributed by atoms with E-state index < -0.39 is 5.92 Å². The van der Waals surface area contributed by atoms with Gasteiger partial charge >= 0.3 is 0 Å². The third kappa shape index (κ3) is 2.11. The molecule has 0 bridgehead atoms. The van der Waals surface area contributed by atoms with Gasteiger partial charge in [-0.2, -0.15) is 0 Å². The molecule has 1 aromatic heterocycles. The predicted octanol–water partition coefficient (Wildman–Crippen LogP) is 2.46. The molecule has 0 atom stereocenters. The van der Waals surface area contributed by atoms with Crippen LogP contribution in [0.4, 0.5) is 8.78 Å². The monoisotopic (exact) mass is 283 g/mol. The lowest BCUT2D eigenvalue weighted by Gasteiger charge is -2.36. The number of hydrogen-bond acceptors (Lipinski definition) is 2. The normalized spacial score (nSPS) is 21.5. The summed E-state index contributed by atoms with van der Waals surface area (Å²) >= 11 is 0. The third-order valence-electron chi connectivity index (χ3n) is 4.35. The van der Waals surface area contributed by atoms with Gasteiger partial charge in [-0.05, 0) is 6.92 Å². The van der Waals surface area contributed by atoms with Gasteiger partial charge in [0.2, 0.25) is 11.8 Å². The number of carbonyl (C=O) groups is 1. The van der Waals surface area contributed by atoms with Crippen molar-refractivity contribution in [2.24, 2.45) is 0 Å². The SMILES string of the molecule is CCC(=O)N1CCn2c(C3CC(F)(F)C3)nc(C)c2C1. The van der Waals surface area contributed by atoms with Gasteiger partial charge in [0, 0.05) is 38.3 Å². The first-order chi connectivity index (χ1) is 9.41. The third-order valence-corrected chi connectivity index (χ3v) is 4.35. The van der Waals surface area contributed by atoms with Gasteiger partial charge in [0.05, 0.1) is 17.9 Å². The van der Waals surface area contributed by atoms with Gasteiger partial charge in [0.25, 0.3) is 0 Å². The number of carbonyl (C=O) groups excluding carboxylic acids is 1. The molecule has 1 fully saturated rings. The lowest BCUT2D eigenvalue weighted by Crippen LogP contribution is -2.40. The van der Waals surface area contributed by atoms with E-state index in [-0.39, 0.29) is 24.7 Å². The second-order valence-electron chi connectivity index (χ2n) is 5.78. The van der Waals surface area contributed by atoms with E-state index in [1.807, 2.05) is 18.7 Å². The molecule has 0 spiro atoms. The molecule has 0 N–H and O–H groups in total. The van der Waals surface area contributed by atoms with Crippen molar-refractivity contribution < 1.29 is 13.6 Å². The highest BCUT2D eigenvalue weighted by molar-refractivity contribution is 5.75. The Labute approximate surface area is 116 Å². The molecule has 110 valence electrons. The zero-order chi connectivity index (χ0) is 14.5. The first-order valence-corrected chi connectivity index (χ1v) is 7.13. The molecule has 2 aliphatic rings. The zero-order valence-electron chi connectivity index (χ0n) is 11.8. The molecule has 1 saturated carbocycles. The van der Waals surface area contributed by atoms with E-state index in [1.54, 1.807) is 0 Å². The van der Waals surface area contributed by atoms with Crippen LogP contribution in [0.25, 0.3) is 0 Å². The van der Waals surface area contributed by atoms with Gasteiger partial charge < -0.3 is 9.47 Å². The van der Waals surface area contributed by atoms with Gasteiger partial charge in [-0.1, -0.05) is 6.92 Å². The molecule has 1 aromatic rings. The number of fused-ring (bicyclic) bond motifs is 1. The molecule has 4 nitrogen and oxygen atoms in total. The molecular formula is C14H19F2N3O. The standard InChI is InChI=1S/C14H19F2N3O/c1-3-12(20)18-4-5-19-11(8-18)9(2)17-13(19)10-6-14(15,16)7-10/h10H,3-8H2,1-2H3. The quantitative estimate of drug-likeness (QED) is 0.836. The fraction of sp³-hybridized carbons (Fsp3) is 0.714. The van der Waals surface area contributed by atoms with E-state index in [1.165, 1.54) is 0 Å². The molecule has 1 aliphatic heterocycles. The van der Waals surface area contributed by atoms with E-state index in [0.717, 1.165) is 17.2 Å². The highest BCUT2D eigenvalue weighted by atomic mass is 19.3. The van der Waals surface area contributed by atoms with Gasteiger partial charge in [-0.3, -0.25) is 4.79 Å². The van der Waals surface area contributed by atoms with Crippen molar-refractivity contribution in [1.82, 2.24) is 14.5 Å². The van der Waals surface area contributed by atoms with Crippen LogP contribution in [0.2, 0.25) is 0 Å². The van der Waals surface area contributed by atoms with Crippen LogP contribution < -0.4 is 0 Å². The first-order valence-electron chi connectivity index (χ1n) is 7.13. The number of amides is 1. The van der Waals surface area contributed by atoms with Crippen molar-refractivity contribution in [2.75, 3.05) is 6.54 Å². The van der Waals surface area contributed by atoms with Crippen LogP contribution in [0.5, 0.6) is 0 Å². The summed E-state index contributed by atoms with van der Waals surface area (Å²) in [5.41, 5.74) is 1.87. The van der Waals surface area contributed by atoms with Crippen LogP contribution >= 0.6 is 0 Å². The summed E-state index contributed by atoms with van der Waals surface area (Å²) in [6.45, 7) is 5.61. The Balaban J connectivity index is 1.83. The minimum absolute atomic E-state index is 0.0967. The number of nitrogens with zero attached hydrogens (tertiary/aromatic N) is 3. The largest absolute Gasteiger partial charge is 0.335 e. The van der Waals surface area contributed by atoms with Gasteiger partial charge in [-0.15, -0.1) is 0 Å². The second kappa shape index (κ2) is 4.53. The Morgan fingerprint density at radius 1 is 1.40 bits per heavy atom. The van der Waals surface area contributed by atoms with E-state index in [9.17, 15) is 13.6 Å². The Hall–Kier alpha value is -1.46. The number of hydrogen-bond donors (Lipinski definition) is 0. The number of aromatic nitrogens is 2. The minimum atomic E-state index is -2.52. The van der Waals surface area contributed by atoms with Crippen molar-refractivity contribution in [3.8, 4) is 0 Å². The molecule has 1 amide bonds. The summed E-state index contributed by atoms with van der Waals surface area (Å²) in [5, 5.41) is 0. The van der Waals surface area contributed by atoms with Gasteiger partial charge in [-0.25, -0.2) is 13.8 Å². The van der Waals surface area contributed by atoms with Crippen LogP contribution in [0.1, 0.15) is 49.3 Å². The summed E-state index contributed by atoms with van der Waals surface area (Å²) in [7, 11) is 0. The summed E-state index contributed by atoms with van der Waals surface area (Å²) in [6, 6.07) is 0. The molecule has 0 saturated heterocycles. The lowest BCUT2D eigenvalue weighted by atomic mass is 9.80. The average Bonchev–Trinajstić information content (AvgIpc) is 2.72. The maximum Gasteiger partial charge on any atom is 0.249 e. The van der Waals surface area contributed by atoms with Crippen molar-refractivity contribution in [2.45, 2.75) is 58.0 Å². The van der Waals surface area contributed by atoms with E-state index in [0.29, 0.717) is 26.1 Å². The van der Waals surface area contributed by atoms with Crippen LogP contribution in [0, 0.1) is 6.92 Å². The second-order valence-corrected chi connectivity index (χ2v) is 5.78. The van der Waals surface area contributed by atoms with E-state index in [4.69, 9.17) is 0 Å². The average molecular weight is 283 g/mol. The zero-order valence-corrected chi connectivity index (χ0v) is 11.8. The van der Waals surface area contributed by atoms with Crippen molar-refractivity contribution >= 4 is 5.91 Å². The molecule has 6 heteroatoms. The number of aryl methyl sites for hydroxylation is 1. The molecule has 3 rings (SSSR count). The molecule has 2 heterocycles. The number of rotatable bonds is 2. The van der Waals surface area contributed by atoms with E-state index in [2.05, 4.69) is 9.55 Å². The highest BCUT2D eigenvalue weighted by Crippen LogP contribution is 2.48. The fourth-order valence-electron chi connectivity index (χ4n) is 3.15. The fourth-order valence-corrected chi connectivity index (χ4v) is 3.15.